The van der Waals surface area contributed by atoms with E-state index in [9.17, 15) is 19.6 Å². The van der Waals surface area contributed by atoms with E-state index in [2.05, 4.69) is 0 Å². The predicted octanol–water partition coefficient (Wildman–Crippen LogP) is 5.23. The first kappa shape index (κ1) is 23.7. The summed E-state index contributed by atoms with van der Waals surface area (Å²) in [5, 5.41) is 21.6. The zero-order valence-corrected chi connectivity index (χ0v) is 18.6. The van der Waals surface area contributed by atoms with Gasteiger partial charge in [-0.05, 0) is 43.3 Å². The Morgan fingerprint density at radius 1 is 1.16 bits per heavy atom. The molecule has 0 aromatic heterocycles. The number of aryl methyl sites for hydroxylation is 1. The third-order valence-corrected chi connectivity index (χ3v) is 5.25. The fourth-order valence-electron chi connectivity index (χ4n) is 3.35. The smallest absolute Gasteiger partial charge is 0.272 e. The largest absolute Gasteiger partial charge is 0.488 e. The Balaban J connectivity index is 1.52. The zero-order valence-electron chi connectivity index (χ0n) is 17.8. The normalized spacial score (nSPS) is 12.1. The molecule has 8 heteroatoms. The van der Waals surface area contributed by atoms with Gasteiger partial charge in [0, 0.05) is 29.7 Å². The molecule has 3 rings (SSSR count). The number of benzene rings is 3. The summed E-state index contributed by atoms with van der Waals surface area (Å²) < 4.78 is 19.2. The summed E-state index contributed by atoms with van der Waals surface area (Å²) in [5.74, 6) is -0.976. The van der Waals surface area contributed by atoms with Crippen molar-refractivity contribution in [3.8, 4) is 16.9 Å². The molecular weight excluding hydrogens is 435 g/mol. The number of nitro groups is 1. The van der Waals surface area contributed by atoms with E-state index in [4.69, 9.17) is 16.3 Å². The third kappa shape index (κ3) is 6.26. The van der Waals surface area contributed by atoms with Crippen LogP contribution < -0.4 is 4.74 Å². The maximum Gasteiger partial charge on any atom is 0.272 e. The van der Waals surface area contributed by atoms with Crippen LogP contribution in [0.15, 0.2) is 60.7 Å². The number of hydrogen-bond donors (Lipinski definition) is 1. The number of halogens is 2. The average Bonchev–Trinajstić information content (AvgIpc) is 2.75. The van der Waals surface area contributed by atoms with Crippen molar-refractivity contribution in [2.24, 2.45) is 0 Å². The summed E-state index contributed by atoms with van der Waals surface area (Å²) in [6, 6.07) is 17.1. The number of hydrogen-bond acceptors (Lipinski definition) is 5. The first-order chi connectivity index (χ1) is 15.2. The van der Waals surface area contributed by atoms with Crippen molar-refractivity contribution < 1.29 is 19.2 Å². The van der Waals surface area contributed by atoms with Gasteiger partial charge in [0.05, 0.1) is 11.0 Å². The molecule has 32 heavy (non-hydrogen) atoms. The molecule has 0 saturated heterocycles. The van der Waals surface area contributed by atoms with Crippen molar-refractivity contribution in [3.05, 3.63) is 92.7 Å². The van der Waals surface area contributed by atoms with Gasteiger partial charge in [-0.3, -0.25) is 15.0 Å². The summed E-state index contributed by atoms with van der Waals surface area (Å²) in [5.41, 5.74) is 3.86. The second-order valence-electron chi connectivity index (χ2n) is 7.71. The van der Waals surface area contributed by atoms with Crippen LogP contribution in [-0.2, 0) is 6.54 Å². The van der Waals surface area contributed by atoms with Crippen LogP contribution in [-0.4, -0.2) is 41.2 Å². The molecule has 0 radical (unpaired) electrons. The Hall–Kier alpha value is -3.00. The highest BCUT2D eigenvalue weighted by molar-refractivity contribution is 6.33. The maximum atomic E-state index is 13.9. The molecular formula is C24H24ClFN2O4. The Labute approximate surface area is 191 Å². The first-order valence-corrected chi connectivity index (χ1v) is 10.4. The van der Waals surface area contributed by atoms with Crippen molar-refractivity contribution >= 4 is 17.3 Å². The molecule has 0 fully saturated rings. The van der Waals surface area contributed by atoms with Crippen molar-refractivity contribution in [1.29, 1.82) is 0 Å². The summed E-state index contributed by atoms with van der Waals surface area (Å²) in [6.07, 6.45) is -0.861. The lowest BCUT2D eigenvalue weighted by Crippen LogP contribution is -2.32. The van der Waals surface area contributed by atoms with Crippen LogP contribution >= 0.6 is 11.6 Å². The molecule has 0 bridgehead atoms. The molecule has 0 aliphatic heterocycles. The molecule has 3 aromatic rings. The zero-order chi connectivity index (χ0) is 23.3. The van der Waals surface area contributed by atoms with Crippen LogP contribution in [0.4, 0.5) is 10.1 Å². The van der Waals surface area contributed by atoms with E-state index >= 15 is 0 Å². The Morgan fingerprint density at radius 3 is 2.53 bits per heavy atom. The van der Waals surface area contributed by atoms with Crippen molar-refractivity contribution in [2.75, 3.05) is 20.2 Å². The second-order valence-corrected chi connectivity index (χ2v) is 8.12. The van der Waals surface area contributed by atoms with Gasteiger partial charge in [0.25, 0.3) is 5.69 Å². The minimum absolute atomic E-state index is 0.135. The highest BCUT2D eigenvalue weighted by Crippen LogP contribution is 2.29. The van der Waals surface area contributed by atoms with E-state index in [-0.39, 0.29) is 18.0 Å². The van der Waals surface area contributed by atoms with Crippen LogP contribution in [0.3, 0.4) is 0 Å². The van der Waals surface area contributed by atoms with Gasteiger partial charge in [0.1, 0.15) is 12.7 Å². The molecule has 1 N–H and O–H groups in total. The lowest BCUT2D eigenvalue weighted by molar-refractivity contribution is -0.385. The number of non-ortho nitro benzene ring substituents is 1. The molecule has 0 aliphatic rings. The molecule has 3 aromatic carbocycles. The number of nitro benzene ring substituents is 1. The number of rotatable bonds is 9. The van der Waals surface area contributed by atoms with E-state index < -0.39 is 16.8 Å². The van der Waals surface area contributed by atoms with E-state index in [1.807, 2.05) is 61.3 Å². The van der Waals surface area contributed by atoms with Crippen molar-refractivity contribution in [2.45, 2.75) is 19.6 Å². The molecule has 0 saturated carbocycles. The summed E-state index contributed by atoms with van der Waals surface area (Å²) >= 11 is 6.32. The van der Waals surface area contributed by atoms with Gasteiger partial charge in [-0.1, -0.05) is 47.5 Å². The highest BCUT2D eigenvalue weighted by Gasteiger charge is 2.15. The van der Waals surface area contributed by atoms with E-state index in [0.717, 1.165) is 34.4 Å². The Kier molecular flexibility index (Phi) is 7.80. The monoisotopic (exact) mass is 458 g/mol. The number of nitrogens with zero attached hydrogens (tertiary/aromatic N) is 2. The summed E-state index contributed by atoms with van der Waals surface area (Å²) in [4.78, 5) is 11.9. The third-order valence-electron chi connectivity index (χ3n) is 4.92. The lowest BCUT2D eigenvalue weighted by Gasteiger charge is -2.21. The van der Waals surface area contributed by atoms with E-state index in [1.54, 1.807) is 0 Å². The minimum Gasteiger partial charge on any atom is -0.488 e. The van der Waals surface area contributed by atoms with Crippen LogP contribution in [0.25, 0.3) is 11.1 Å². The quantitative estimate of drug-likeness (QED) is 0.351. The first-order valence-electron chi connectivity index (χ1n) is 10.0. The summed E-state index contributed by atoms with van der Waals surface area (Å²) in [7, 11) is 1.86. The molecule has 0 aliphatic carbocycles. The number of aliphatic hydroxyl groups excluding tert-OH is 1. The van der Waals surface area contributed by atoms with Gasteiger partial charge in [-0.2, -0.15) is 0 Å². The standard InChI is InChI=1S/C24H24ClFN2O4/c1-16-3-9-22(25)21(11-16)18-6-4-17(5-7-18)13-27(2)14-20(29)15-32-24-10-8-19(28(30)31)12-23(24)26/h3-12,20,29H,13-15H2,1-2H3. The molecule has 6 nitrogen and oxygen atoms in total. The second kappa shape index (κ2) is 10.5. The number of aliphatic hydroxyl groups is 1. The van der Waals surface area contributed by atoms with Gasteiger partial charge in [-0.25, -0.2) is 4.39 Å². The Bertz CT molecular complexity index is 1090. The molecule has 168 valence electrons. The lowest BCUT2D eigenvalue weighted by atomic mass is 10.0. The minimum atomic E-state index is -0.861. The number of likely N-dealkylation sites (N-methyl/N-ethyl adjacent to an activating group) is 1. The summed E-state index contributed by atoms with van der Waals surface area (Å²) in [6.45, 7) is 2.79. The maximum absolute atomic E-state index is 13.9. The van der Waals surface area contributed by atoms with E-state index in [0.29, 0.717) is 18.1 Å². The molecule has 0 amide bonds. The van der Waals surface area contributed by atoms with Crippen molar-refractivity contribution in [1.82, 2.24) is 4.90 Å². The highest BCUT2D eigenvalue weighted by atomic mass is 35.5. The van der Waals surface area contributed by atoms with Crippen LogP contribution in [0, 0.1) is 22.9 Å². The topological polar surface area (TPSA) is 75.8 Å². The van der Waals surface area contributed by atoms with Crippen LogP contribution in [0.2, 0.25) is 5.02 Å². The van der Waals surface area contributed by atoms with Crippen molar-refractivity contribution in [3.63, 3.8) is 0 Å². The molecule has 0 heterocycles. The average molecular weight is 459 g/mol. The molecule has 1 unspecified atom stereocenters. The van der Waals surface area contributed by atoms with Crippen LogP contribution in [0.5, 0.6) is 5.75 Å². The Morgan fingerprint density at radius 2 is 1.88 bits per heavy atom. The van der Waals surface area contributed by atoms with Gasteiger partial charge < -0.3 is 9.84 Å². The van der Waals surface area contributed by atoms with Gasteiger partial charge in [0.15, 0.2) is 11.6 Å². The van der Waals surface area contributed by atoms with Gasteiger partial charge >= 0.3 is 0 Å². The number of ether oxygens (including phenoxy) is 1. The predicted molar refractivity (Wildman–Crippen MR) is 123 cm³/mol. The van der Waals surface area contributed by atoms with Gasteiger partial charge in [-0.15, -0.1) is 0 Å². The fourth-order valence-corrected chi connectivity index (χ4v) is 3.57. The van der Waals surface area contributed by atoms with E-state index in [1.165, 1.54) is 6.07 Å². The molecule has 0 spiro atoms. The SMILES string of the molecule is Cc1ccc(Cl)c(-c2ccc(CN(C)CC(O)COc3ccc([N+](=O)[O-])cc3F)cc2)c1. The fraction of sp³-hybridized carbons (Fsp3) is 0.250. The molecule has 1 atom stereocenters. The van der Waals surface area contributed by atoms with Crippen LogP contribution in [0.1, 0.15) is 11.1 Å². The van der Waals surface area contributed by atoms with Gasteiger partial charge in [0.2, 0.25) is 0 Å².